The van der Waals surface area contributed by atoms with E-state index in [1.807, 2.05) is 12.1 Å². The van der Waals surface area contributed by atoms with E-state index in [1.54, 1.807) is 6.20 Å². The van der Waals surface area contributed by atoms with Crippen LogP contribution in [0.2, 0.25) is 0 Å². The summed E-state index contributed by atoms with van der Waals surface area (Å²) in [5.74, 6) is 0. The number of nitriles is 1. The molecule has 1 heterocycles. The van der Waals surface area contributed by atoms with Gasteiger partial charge in [0.25, 0.3) is 0 Å². The monoisotopic (exact) mass is 546 g/mol. The van der Waals surface area contributed by atoms with E-state index in [-0.39, 0.29) is 0 Å². The van der Waals surface area contributed by atoms with Gasteiger partial charge in [-0.3, -0.25) is 0 Å². The van der Waals surface area contributed by atoms with Crippen molar-refractivity contribution in [2.45, 2.75) is 5.41 Å². The van der Waals surface area contributed by atoms with Crippen molar-refractivity contribution in [1.82, 2.24) is 4.98 Å². The Morgan fingerprint density at radius 3 is 1.77 bits per heavy atom. The topological polar surface area (TPSA) is 36.7 Å². The zero-order valence-corrected chi connectivity index (χ0v) is 23.4. The van der Waals surface area contributed by atoms with Crippen molar-refractivity contribution >= 4 is 10.8 Å². The fourth-order valence-corrected chi connectivity index (χ4v) is 6.97. The van der Waals surface area contributed by atoms with Gasteiger partial charge in [0, 0.05) is 6.20 Å². The molecule has 0 spiro atoms. The van der Waals surface area contributed by atoms with Crippen LogP contribution in [0.5, 0.6) is 0 Å². The van der Waals surface area contributed by atoms with E-state index in [0.717, 1.165) is 16.7 Å². The van der Waals surface area contributed by atoms with Crippen molar-refractivity contribution in [1.29, 1.82) is 5.26 Å². The van der Waals surface area contributed by atoms with Gasteiger partial charge in [-0.1, -0.05) is 133 Å². The maximum absolute atomic E-state index is 9.28. The average Bonchev–Trinajstić information content (AvgIpc) is 3.40. The lowest BCUT2D eigenvalue weighted by Crippen LogP contribution is -2.28. The summed E-state index contributed by atoms with van der Waals surface area (Å²) in [6.45, 7) is 0. The molecule has 0 N–H and O–H groups in total. The second-order valence-electron chi connectivity index (χ2n) is 11.1. The van der Waals surface area contributed by atoms with Crippen molar-refractivity contribution in [2.24, 2.45) is 0 Å². The molecule has 0 unspecified atom stereocenters. The molecule has 0 fully saturated rings. The van der Waals surface area contributed by atoms with Crippen LogP contribution in [0.4, 0.5) is 0 Å². The predicted molar refractivity (Wildman–Crippen MR) is 175 cm³/mol. The van der Waals surface area contributed by atoms with Crippen LogP contribution < -0.4 is 0 Å². The van der Waals surface area contributed by atoms with Crippen LogP contribution in [0.15, 0.2) is 158 Å². The molecule has 0 atom stereocenters. The summed E-state index contributed by atoms with van der Waals surface area (Å²) in [7, 11) is 0. The number of aromatic nitrogens is 1. The van der Waals surface area contributed by atoms with Gasteiger partial charge >= 0.3 is 0 Å². The van der Waals surface area contributed by atoms with Crippen LogP contribution in [-0.4, -0.2) is 4.98 Å². The molecule has 1 aliphatic rings. The lowest BCUT2D eigenvalue weighted by Gasteiger charge is -2.34. The van der Waals surface area contributed by atoms with E-state index in [2.05, 4.69) is 151 Å². The Morgan fingerprint density at radius 2 is 1.09 bits per heavy atom. The molecule has 8 rings (SSSR count). The molecule has 200 valence electrons. The third kappa shape index (κ3) is 3.83. The normalized spacial score (nSPS) is 12.8. The number of hydrogen-bond acceptors (Lipinski definition) is 2. The number of benzene rings is 6. The minimum absolute atomic E-state index is 0.423. The minimum Gasteiger partial charge on any atom is -0.246 e. The largest absolute Gasteiger partial charge is 0.246 e. The van der Waals surface area contributed by atoms with Gasteiger partial charge in [-0.05, 0) is 84.6 Å². The highest BCUT2D eigenvalue weighted by Crippen LogP contribution is 2.58. The molecule has 7 aromatic rings. The zero-order chi connectivity index (χ0) is 28.8. The van der Waals surface area contributed by atoms with Crippen LogP contribution >= 0.6 is 0 Å². The Kier molecular flexibility index (Phi) is 5.77. The minimum atomic E-state index is -0.431. The lowest BCUT2D eigenvalue weighted by atomic mass is 9.67. The van der Waals surface area contributed by atoms with Crippen LogP contribution in [-0.2, 0) is 5.41 Å². The second kappa shape index (κ2) is 9.94. The molecule has 0 bridgehead atoms. The quantitative estimate of drug-likeness (QED) is 0.220. The van der Waals surface area contributed by atoms with E-state index in [9.17, 15) is 5.26 Å². The molecule has 0 saturated heterocycles. The molecular formula is C41H26N2. The summed E-state index contributed by atoms with van der Waals surface area (Å²) >= 11 is 0. The zero-order valence-electron chi connectivity index (χ0n) is 23.4. The first-order valence-electron chi connectivity index (χ1n) is 14.5. The first-order valence-corrected chi connectivity index (χ1v) is 14.5. The summed E-state index contributed by atoms with van der Waals surface area (Å²) in [5, 5.41) is 11.8. The molecule has 2 heteroatoms. The van der Waals surface area contributed by atoms with Gasteiger partial charge in [-0.2, -0.15) is 5.26 Å². The van der Waals surface area contributed by atoms with Crippen molar-refractivity contribution in [3.05, 3.63) is 186 Å². The van der Waals surface area contributed by atoms with Crippen LogP contribution in [0, 0.1) is 11.3 Å². The molecule has 6 aromatic carbocycles. The van der Waals surface area contributed by atoms with Crippen LogP contribution in [0.25, 0.3) is 44.2 Å². The lowest BCUT2D eigenvalue weighted by molar-refractivity contribution is 0.769. The maximum atomic E-state index is 9.28. The highest BCUT2D eigenvalue weighted by atomic mass is 14.7. The Hall–Kier alpha value is -5.78. The van der Waals surface area contributed by atoms with Crippen molar-refractivity contribution in [2.75, 3.05) is 0 Å². The van der Waals surface area contributed by atoms with Gasteiger partial charge in [-0.15, -0.1) is 0 Å². The van der Waals surface area contributed by atoms with Gasteiger partial charge in [0.1, 0.15) is 11.8 Å². The van der Waals surface area contributed by atoms with Gasteiger partial charge in [0.05, 0.1) is 5.41 Å². The van der Waals surface area contributed by atoms with E-state index < -0.39 is 5.41 Å². The average molecular weight is 547 g/mol. The van der Waals surface area contributed by atoms with Gasteiger partial charge in [0.15, 0.2) is 0 Å². The smallest absolute Gasteiger partial charge is 0.141 e. The molecule has 2 nitrogen and oxygen atoms in total. The van der Waals surface area contributed by atoms with Gasteiger partial charge in [0.2, 0.25) is 0 Å². The SMILES string of the molecule is N#Cc1cc(-c2ccc(-c3ccc4c(c3)-c3c(ccc5ccccc35)C4(c3ccccc3)c3ccccc3)cc2)ccn1. The van der Waals surface area contributed by atoms with Crippen LogP contribution in [0.1, 0.15) is 27.9 Å². The summed E-state index contributed by atoms with van der Waals surface area (Å²) in [4.78, 5) is 4.12. The fraction of sp³-hybridized carbons (Fsp3) is 0.0244. The molecule has 0 amide bonds. The Bertz CT molecular complexity index is 2130. The first kappa shape index (κ1) is 25.0. The van der Waals surface area contributed by atoms with E-state index in [0.29, 0.717) is 5.69 Å². The summed E-state index contributed by atoms with van der Waals surface area (Å²) in [5.41, 5.74) is 12.1. The fourth-order valence-electron chi connectivity index (χ4n) is 6.97. The summed E-state index contributed by atoms with van der Waals surface area (Å²) in [6, 6.07) is 56.7. The molecule has 0 radical (unpaired) electrons. The van der Waals surface area contributed by atoms with Crippen molar-refractivity contribution in [3.8, 4) is 39.4 Å². The van der Waals surface area contributed by atoms with Gasteiger partial charge < -0.3 is 0 Å². The summed E-state index contributed by atoms with van der Waals surface area (Å²) in [6.07, 6.45) is 1.69. The second-order valence-corrected chi connectivity index (χ2v) is 11.1. The Morgan fingerprint density at radius 1 is 0.512 bits per heavy atom. The molecular weight excluding hydrogens is 520 g/mol. The molecule has 1 aliphatic carbocycles. The van der Waals surface area contributed by atoms with Crippen molar-refractivity contribution < 1.29 is 0 Å². The molecule has 0 saturated carbocycles. The molecule has 0 aliphatic heterocycles. The highest BCUT2D eigenvalue weighted by Gasteiger charge is 2.46. The number of fused-ring (bicyclic) bond motifs is 5. The van der Waals surface area contributed by atoms with E-state index in [1.165, 1.54) is 49.7 Å². The van der Waals surface area contributed by atoms with Crippen molar-refractivity contribution in [3.63, 3.8) is 0 Å². The summed E-state index contributed by atoms with van der Waals surface area (Å²) < 4.78 is 0. The number of hydrogen-bond donors (Lipinski definition) is 0. The molecule has 43 heavy (non-hydrogen) atoms. The number of nitrogens with zero attached hydrogens (tertiary/aromatic N) is 2. The van der Waals surface area contributed by atoms with Crippen LogP contribution in [0.3, 0.4) is 0 Å². The highest BCUT2D eigenvalue weighted by molar-refractivity contribution is 6.04. The number of pyridine rings is 1. The van der Waals surface area contributed by atoms with E-state index in [4.69, 9.17) is 0 Å². The number of rotatable bonds is 4. The maximum Gasteiger partial charge on any atom is 0.141 e. The van der Waals surface area contributed by atoms with E-state index >= 15 is 0 Å². The predicted octanol–water partition coefficient (Wildman–Crippen LogP) is 9.80. The Labute approximate surface area is 251 Å². The third-order valence-electron chi connectivity index (χ3n) is 8.87. The van der Waals surface area contributed by atoms with Gasteiger partial charge in [-0.25, -0.2) is 4.98 Å². The molecule has 1 aromatic heterocycles. The first-order chi connectivity index (χ1) is 21.3. The Balaban J connectivity index is 1.37. The standard InChI is InChI=1S/C41H26N2/c42-27-35-25-32(23-24-43-35)29-17-15-28(16-18-29)31-20-21-38-37(26-31)40-36-14-8-7-9-30(36)19-22-39(40)41(38,33-10-3-1-4-11-33)34-12-5-2-6-13-34/h1-26H. The third-order valence-corrected chi connectivity index (χ3v) is 8.87.